The van der Waals surface area contributed by atoms with Crippen LogP contribution in [0.5, 0.6) is 5.75 Å². The van der Waals surface area contributed by atoms with Gasteiger partial charge in [-0.05, 0) is 36.8 Å². The van der Waals surface area contributed by atoms with Crippen molar-refractivity contribution in [2.75, 3.05) is 11.9 Å². The first-order valence-corrected chi connectivity index (χ1v) is 9.92. The summed E-state index contributed by atoms with van der Waals surface area (Å²) in [5.41, 5.74) is 2.20. The van der Waals surface area contributed by atoms with Crippen LogP contribution in [-0.4, -0.2) is 18.5 Å². The van der Waals surface area contributed by atoms with Crippen molar-refractivity contribution in [3.05, 3.63) is 108 Å². The first kappa shape index (κ1) is 21.6. The summed E-state index contributed by atoms with van der Waals surface area (Å²) >= 11 is 0. The van der Waals surface area contributed by atoms with Crippen molar-refractivity contribution in [2.45, 2.75) is 13.5 Å². The number of carbonyl (C=O) groups excluding carboxylic acids is 2. The maximum atomic E-state index is 12.4. The summed E-state index contributed by atoms with van der Waals surface area (Å²) in [5.74, 6) is -0.356. The van der Waals surface area contributed by atoms with Gasteiger partial charge in [0, 0.05) is 23.5 Å². The zero-order chi connectivity index (χ0) is 21.9. The van der Waals surface area contributed by atoms with Gasteiger partial charge in [-0.25, -0.2) is 4.79 Å². The Kier molecular flexibility index (Phi) is 7.83. The monoisotopic (exact) mass is 416 g/mol. The Hall–Kier alpha value is -4.06. The average molecular weight is 416 g/mol. The molecule has 0 saturated heterocycles. The molecule has 1 amide bonds. The van der Waals surface area contributed by atoms with Crippen LogP contribution in [0.4, 0.5) is 5.69 Å². The molecule has 3 aromatic rings. The molecule has 0 aliphatic heterocycles. The van der Waals surface area contributed by atoms with E-state index in [4.69, 9.17) is 9.47 Å². The summed E-state index contributed by atoms with van der Waals surface area (Å²) < 4.78 is 10.9. The Bertz CT molecular complexity index is 1030. The van der Waals surface area contributed by atoms with Crippen LogP contribution in [-0.2, 0) is 16.1 Å². The van der Waals surface area contributed by atoms with Gasteiger partial charge in [-0.3, -0.25) is 4.79 Å². The number of esters is 1. The second kappa shape index (κ2) is 11.2. The van der Waals surface area contributed by atoms with Crippen molar-refractivity contribution in [3.8, 4) is 5.75 Å². The Morgan fingerprint density at radius 3 is 2.32 bits per heavy atom. The Morgan fingerprint density at radius 1 is 0.903 bits per heavy atom. The number of nitrogens with one attached hydrogen (secondary N) is 2. The molecule has 0 saturated carbocycles. The number of hydrogen-bond acceptors (Lipinski definition) is 5. The molecule has 0 aromatic heterocycles. The van der Waals surface area contributed by atoms with Crippen LogP contribution >= 0.6 is 0 Å². The molecule has 6 nitrogen and oxygen atoms in total. The normalized spacial score (nSPS) is 10.8. The van der Waals surface area contributed by atoms with Crippen LogP contribution in [0.3, 0.4) is 0 Å². The van der Waals surface area contributed by atoms with Crippen LogP contribution in [0, 0.1) is 0 Å². The summed E-state index contributed by atoms with van der Waals surface area (Å²) in [6, 6.07) is 25.8. The second-order valence-corrected chi connectivity index (χ2v) is 6.55. The van der Waals surface area contributed by atoms with Gasteiger partial charge >= 0.3 is 5.97 Å². The van der Waals surface area contributed by atoms with Gasteiger partial charge in [0.15, 0.2) is 0 Å². The van der Waals surface area contributed by atoms with Crippen molar-refractivity contribution >= 4 is 17.6 Å². The summed E-state index contributed by atoms with van der Waals surface area (Å²) in [7, 11) is 0. The molecule has 2 N–H and O–H groups in total. The largest absolute Gasteiger partial charge is 0.489 e. The summed E-state index contributed by atoms with van der Waals surface area (Å²) in [5, 5.41) is 5.63. The lowest BCUT2D eigenvalue weighted by Crippen LogP contribution is -2.29. The van der Waals surface area contributed by atoms with Gasteiger partial charge in [0.2, 0.25) is 0 Å². The van der Waals surface area contributed by atoms with E-state index in [0.717, 1.165) is 5.56 Å². The van der Waals surface area contributed by atoms with Crippen LogP contribution in [0.1, 0.15) is 22.8 Å². The van der Waals surface area contributed by atoms with Crippen molar-refractivity contribution in [3.63, 3.8) is 0 Å². The SMILES string of the molecule is CCOC(=O)C(=CNc1cccc(OCc2ccccc2)c1)NC(=O)c1ccccc1. The zero-order valence-corrected chi connectivity index (χ0v) is 17.2. The van der Waals surface area contributed by atoms with E-state index < -0.39 is 11.9 Å². The van der Waals surface area contributed by atoms with E-state index in [1.165, 1.54) is 6.20 Å². The molecule has 0 spiro atoms. The molecule has 0 aliphatic rings. The quantitative estimate of drug-likeness (QED) is 0.396. The number of rotatable bonds is 9. The van der Waals surface area contributed by atoms with E-state index in [9.17, 15) is 9.59 Å². The summed E-state index contributed by atoms with van der Waals surface area (Å²) in [6.45, 7) is 2.34. The summed E-state index contributed by atoms with van der Waals surface area (Å²) in [6.07, 6.45) is 1.41. The molecule has 31 heavy (non-hydrogen) atoms. The fourth-order valence-corrected chi connectivity index (χ4v) is 2.71. The highest BCUT2D eigenvalue weighted by Crippen LogP contribution is 2.19. The third-order valence-electron chi connectivity index (χ3n) is 4.25. The second-order valence-electron chi connectivity index (χ2n) is 6.55. The van der Waals surface area contributed by atoms with Crippen molar-refractivity contribution in [1.82, 2.24) is 5.32 Å². The third-order valence-corrected chi connectivity index (χ3v) is 4.25. The lowest BCUT2D eigenvalue weighted by atomic mass is 10.2. The fourth-order valence-electron chi connectivity index (χ4n) is 2.71. The van der Waals surface area contributed by atoms with E-state index in [0.29, 0.717) is 23.6 Å². The minimum absolute atomic E-state index is 0.00584. The van der Waals surface area contributed by atoms with Crippen molar-refractivity contribution < 1.29 is 19.1 Å². The number of hydrogen-bond donors (Lipinski definition) is 2. The molecule has 0 aliphatic carbocycles. The van der Waals surface area contributed by atoms with Crippen LogP contribution in [0.2, 0.25) is 0 Å². The molecule has 0 radical (unpaired) electrons. The third kappa shape index (κ3) is 6.75. The van der Waals surface area contributed by atoms with Crippen LogP contribution in [0.15, 0.2) is 96.8 Å². The molecule has 0 fully saturated rings. The molecule has 0 heterocycles. The van der Waals surface area contributed by atoms with Gasteiger partial charge in [0.25, 0.3) is 5.91 Å². The molecule has 158 valence electrons. The minimum Gasteiger partial charge on any atom is -0.489 e. The predicted molar refractivity (Wildman–Crippen MR) is 119 cm³/mol. The predicted octanol–water partition coefficient (Wildman–Crippen LogP) is 4.51. The minimum atomic E-state index is -0.629. The first-order valence-electron chi connectivity index (χ1n) is 9.92. The highest BCUT2D eigenvalue weighted by atomic mass is 16.5. The highest BCUT2D eigenvalue weighted by Gasteiger charge is 2.15. The van der Waals surface area contributed by atoms with Crippen molar-refractivity contribution in [2.24, 2.45) is 0 Å². The summed E-state index contributed by atoms with van der Waals surface area (Å²) in [4.78, 5) is 24.7. The molecule has 0 bridgehead atoms. The average Bonchev–Trinajstić information content (AvgIpc) is 2.82. The van der Waals surface area contributed by atoms with Crippen LogP contribution < -0.4 is 15.4 Å². The molecule has 3 rings (SSSR count). The molecule has 3 aromatic carbocycles. The lowest BCUT2D eigenvalue weighted by Gasteiger charge is -2.11. The molecule has 0 unspecified atom stereocenters. The van der Waals surface area contributed by atoms with Gasteiger partial charge in [0.1, 0.15) is 18.1 Å². The number of ether oxygens (including phenoxy) is 2. The van der Waals surface area contributed by atoms with Gasteiger partial charge in [0.05, 0.1) is 6.61 Å². The molecular weight excluding hydrogens is 392 g/mol. The van der Waals surface area contributed by atoms with E-state index in [1.807, 2.05) is 54.6 Å². The Morgan fingerprint density at radius 2 is 1.61 bits per heavy atom. The number of carbonyl (C=O) groups is 2. The molecule has 6 heteroatoms. The Labute approximate surface area is 181 Å². The van der Waals surface area contributed by atoms with Gasteiger partial charge < -0.3 is 20.1 Å². The van der Waals surface area contributed by atoms with Crippen LogP contribution in [0.25, 0.3) is 0 Å². The van der Waals surface area contributed by atoms with Gasteiger partial charge in [-0.1, -0.05) is 54.6 Å². The topological polar surface area (TPSA) is 76.7 Å². The zero-order valence-electron chi connectivity index (χ0n) is 17.2. The number of amides is 1. The van der Waals surface area contributed by atoms with E-state index >= 15 is 0 Å². The number of anilines is 1. The van der Waals surface area contributed by atoms with E-state index in [2.05, 4.69) is 10.6 Å². The van der Waals surface area contributed by atoms with Gasteiger partial charge in [-0.15, -0.1) is 0 Å². The van der Waals surface area contributed by atoms with E-state index in [1.54, 1.807) is 37.3 Å². The Balaban J connectivity index is 1.69. The van der Waals surface area contributed by atoms with E-state index in [-0.39, 0.29) is 12.3 Å². The lowest BCUT2D eigenvalue weighted by molar-refractivity contribution is -0.138. The maximum absolute atomic E-state index is 12.4. The highest BCUT2D eigenvalue weighted by molar-refractivity contribution is 6.01. The fraction of sp³-hybridized carbons (Fsp3) is 0.120. The molecule has 0 atom stereocenters. The standard InChI is InChI=1S/C25H24N2O4/c1-2-30-25(29)23(27-24(28)20-12-7-4-8-13-20)17-26-21-14-9-15-22(16-21)31-18-19-10-5-3-6-11-19/h3-17,26H,2,18H2,1H3,(H,27,28). The van der Waals surface area contributed by atoms with Gasteiger partial charge in [-0.2, -0.15) is 0 Å². The maximum Gasteiger partial charge on any atom is 0.356 e. The first-order chi connectivity index (χ1) is 15.2. The number of benzene rings is 3. The van der Waals surface area contributed by atoms with Crippen molar-refractivity contribution in [1.29, 1.82) is 0 Å². The smallest absolute Gasteiger partial charge is 0.356 e. The molecular formula is C25H24N2O4.